The molecule has 2 aromatic rings. The standard InChI is InChI=1S/C20H27N5O4S/c1-20(2,3)23-19(26)29-15-6-4-12(9-15)16-10-18(25-24-16)22-14-5-7-17-13(8-14)11-21-30(17,27)28/h5,7-8,10,12,15,21H,4,6,9,11H2,1-3H3,(H,23,26)(H2,22,24,25)/t12-,15+/m0/s1. The zero-order valence-electron chi connectivity index (χ0n) is 17.3. The lowest BCUT2D eigenvalue weighted by Gasteiger charge is -2.22. The summed E-state index contributed by atoms with van der Waals surface area (Å²) in [5.74, 6) is 0.906. The van der Waals surface area contributed by atoms with Crippen LogP contribution >= 0.6 is 0 Å². The number of nitrogens with zero attached hydrogens (tertiary/aromatic N) is 1. The second-order valence-corrected chi connectivity index (χ2v) is 10.6. The number of fused-ring (bicyclic) bond motifs is 1. The van der Waals surface area contributed by atoms with Crippen molar-refractivity contribution in [3.63, 3.8) is 0 Å². The molecular formula is C20H27N5O4S. The highest BCUT2D eigenvalue weighted by Gasteiger charge is 2.31. The number of anilines is 2. The Morgan fingerprint density at radius 2 is 2.03 bits per heavy atom. The summed E-state index contributed by atoms with van der Waals surface area (Å²) in [5.41, 5.74) is 2.18. The number of hydrogen-bond donors (Lipinski definition) is 4. The van der Waals surface area contributed by atoms with Gasteiger partial charge in [-0.3, -0.25) is 5.10 Å². The van der Waals surface area contributed by atoms with Crippen LogP contribution in [0, 0.1) is 0 Å². The first-order chi connectivity index (χ1) is 14.1. The number of hydrogen-bond acceptors (Lipinski definition) is 6. The number of rotatable bonds is 4. The molecule has 4 rings (SSSR count). The van der Waals surface area contributed by atoms with Gasteiger partial charge in [0.25, 0.3) is 0 Å². The van der Waals surface area contributed by atoms with Crippen LogP contribution in [0.25, 0.3) is 0 Å². The topological polar surface area (TPSA) is 125 Å². The normalized spacial score (nSPS) is 22.5. The molecule has 1 saturated carbocycles. The molecule has 2 atom stereocenters. The number of alkyl carbamates (subject to hydrolysis) is 1. The average Bonchev–Trinajstić information content (AvgIpc) is 3.33. The Labute approximate surface area is 176 Å². The van der Waals surface area contributed by atoms with Crippen molar-refractivity contribution < 1.29 is 17.9 Å². The predicted octanol–water partition coefficient (Wildman–Crippen LogP) is 3.11. The lowest BCUT2D eigenvalue weighted by molar-refractivity contribution is 0.0936. The maximum absolute atomic E-state index is 12.0. The number of ether oxygens (including phenoxy) is 1. The molecule has 0 bridgehead atoms. The number of aromatic nitrogens is 2. The molecule has 0 unspecified atom stereocenters. The third-order valence-electron chi connectivity index (χ3n) is 5.25. The molecule has 0 spiro atoms. The largest absolute Gasteiger partial charge is 0.446 e. The minimum Gasteiger partial charge on any atom is -0.446 e. The van der Waals surface area contributed by atoms with Crippen molar-refractivity contribution in [1.29, 1.82) is 0 Å². The van der Waals surface area contributed by atoms with Crippen molar-refractivity contribution in [2.75, 3.05) is 5.32 Å². The minimum absolute atomic E-state index is 0.108. The number of aromatic amines is 1. The molecule has 2 aliphatic rings. The molecule has 0 saturated heterocycles. The van der Waals surface area contributed by atoms with Crippen LogP contribution in [0.4, 0.5) is 16.3 Å². The smallest absolute Gasteiger partial charge is 0.407 e. The van der Waals surface area contributed by atoms with Crippen molar-refractivity contribution in [2.45, 2.75) is 69.0 Å². The average molecular weight is 434 g/mol. The van der Waals surface area contributed by atoms with Crippen LogP contribution in [-0.4, -0.2) is 36.4 Å². The van der Waals surface area contributed by atoms with Crippen molar-refractivity contribution >= 4 is 27.6 Å². The number of carbonyl (C=O) groups is 1. The summed E-state index contributed by atoms with van der Waals surface area (Å²) in [5, 5.41) is 13.4. The van der Waals surface area contributed by atoms with Gasteiger partial charge in [-0.05, 0) is 63.8 Å². The fourth-order valence-electron chi connectivity index (χ4n) is 3.88. The van der Waals surface area contributed by atoms with E-state index in [1.807, 2.05) is 32.9 Å². The first-order valence-electron chi connectivity index (χ1n) is 10.0. The van der Waals surface area contributed by atoms with Gasteiger partial charge >= 0.3 is 6.09 Å². The molecule has 9 nitrogen and oxygen atoms in total. The Hall–Kier alpha value is -2.59. The fraction of sp³-hybridized carbons (Fsp3) is 0.500. The minimum atomic E-state index is -3.37. The van der Waals surface area contributed by atoms with Crippen LogP contribution in [-0.2, 0) is 21.3 Å². The lowest BCUT2D eigenvalue weighted by Crippen LogP contribution is -2.42. The third kappa shape index (κ3) is 4.59. The number of carbonyl (C=O) groups excluding carboxylic acids is 1. The van der Waals surface area contributed by atoms with E-state index < -0.39 is 10.0 Å². The highest BCUT2D eigenvalue weighted by atomic mass is 32.2. The van der Waals surface area contributed by atoms with Gasteiger partial charge < -0.3 is 15.4 Å². The molecule has 2 heterocycles. The first kappa shape index (κ1) is 20.7. The van der Waals surface area contributed by atoms with Crippen LogP contribution in [0.2, 0.25) is 0 Å². The van der Waals surface area contributed by atoms with E-state index in [4.69, 9.17) is 4.74 Å². The summed E-state index contributed by atoms with van der Waals surface area (Å²) in [4.78, 5) is 12.3. The van der Waals surface area contributed by atoms with E-state index in [2.05, 4.69) is 25.6 Å². The molecule has 0 radical (unpaired) electrons. The van der Waals surface area contributed by atoms with Crippen LogP contribution in [0.5, 0.6) is 0 Å². The molecule has 1 fully saturated rings. The molecule has 1 aromatic heterocycles. The summed E-state index contributed by atoms with van der Waals surface area (Å²) in [7, 11) is -3.37. The summed E-state index contributed by atoms with van der Waals surface area (Å²) >= 11 is 0. The highest BCUT2D eigenvalue weighted by molar-refractivity contribution is 7.89. The van der Waals surface area contributed by atoms with Gasteiger partial charge in [-0.2, -0.15) is 5.10 Å². The maximum atomic E-state index is 12.0. The van der Waals surface area contributed by atoms with Crippen LogP contribution < -0.4 is 15.4 Å². The Morgan fingerprint density at radius 3 is 2.80 bits per heavy atom. The molecule has 1 aliphatic carbocycles. The Balaban J connectivity index is 1.36. The Kier molecular flexibility index (Phi) is 5.23. The fourth-order valence-corrected chi connectivity index (χ4v) is 5.11. The van der Waals surface area contributed by atoms with Gasteiger partial charge in [-0.15, -0.1) is 0 Å². The van der Waals surface area contributed by atoms with Gasteiger partial charge in [0.2, 0.25) is 10.0 Å². The molecule has 1 amide bonds. The summed E-state index contributed by atoms with van der Waals surface area (Å²) in [6, 6.07) is 7.09. The number of nitrogens with one attached hydrogen (secondary N) is 4. The van der Waals surface area contributed by atoms with Crippen LogP contribution in [0.1, 0.15) is 57.2 Å². The van der Waals surface area contributed by atoms with Crippen LogP contribution in [0.3, 0.4) is 0 Å². The quantitative estimate of drug-likeness (QED) is 0.587. The van der Waals surface area contributed by atoms with Gasteiger partial charge in [0.15, 0.2) is 5.82 Å². The van der Waals surface area contributed by atoms with E-state index in [1.54, 1.807) is 12.1 Å². The lowest BCUT2D eigenvalue weighted by atomic mass is 10.0. The number of sulfonamides is 1. The van der Waals surface area contributed by atoms with Gasteiger partial charge in [0, 0.05) is 35.4 Å². The van der Waals surface area contributed by atoms with E-state index in [9.17, 15) is 13.2 Å². The van der Waals surface area contributed by atoms with E-state index in [0.29, 0.717) is 17.3 Å². The van der Waals surface area contributed by atoms with E-state index in [0.717, 1.165) is 36.2 Å². The summed E-state index contributed by atoms with van der Waals surface area (Å²) < 4.78 is 31.8. The van der Waals surface area contributed by atoms with Crippen molar-refractivity contribution in [3.05, 3.63) is 35.5 Å². The van der Waals surface area contributed by atoms with E-state index in [1.165, 1.54) is 0 Å². The number of amides is 1. The molecule has 1 aliphatic heterocycles. The highest BCUT2D eigenvalue weighted by Crippen LogP contribution is 2.36. The molecule has 10 heteroatoms. The Morgan fingerprint density at radius 1 is 1.23 bits per heavy atom. The molecule has 1 aromatic carbocycles. The molecule has 30 heavy (non-hydrogen) atoms. The van der Waals surface area contributed by atoms with E-state index in [-0.39, 0.29) is 23.7 Å². The van der Waals surface area contributed by atoms with Gasteiger partial charge in [0.1, 0.15) is 6.10 Å². The maximum Gasteiger partial charge on any atom is 0.407 e. The van der Waals surface area contributed by atoms with Gasteiger partial charge in [-0.25, -0.2) is 17.9 Å². The third-order valence-corrected chi connectivity index (χ3v) is 6.75. The summed E-state index contributed by atoms with van der Waals surface area (Å²) in [6.07, 6.45) is 1.99. The summed E-state index contributed by atoms with van der Waals surface area (Å²) in [6.45, 7) is 6.05. The van der Waals surface area contributed by atoms with E-state index >= 15 is 0 Å². The number of H-pyrrole nitrogens is 1. The van der Waals surface area contributed by atoms with Crippen LogP contribution in [0.15, 0.2) is 29.2 Å². The van der Waals surface area contributed by atoms with Gasteiger partial charge in [-0.1, -0.05) is 0 Å². The van der Waals surface area contributed by atoms with Crippen molar-refractivity contribution in [2.24, 2.45) is 0 Å². The second kappa shape index (κ2) is 7.59. The molecule has 4 N–H and O–H groups in total. The predicted molar refractivity (Wildman–Crippen MR) is 112 cm³/mol. The SMILES string of the molecule is CC(C)(C)NC(=O)O[C@@H]1CC[C@H](c2cc(Nc3ccc4c(c3)CNS4(=O)=O)n[nH]2)C1. The number of benzene rings is 1. The zero-order chi connectivity index (χ0) is 21.5. The van der Waals surface area contributed by atoms with Crippen molar-refractivity contribution in [1.82, 2.24) is 20.2 Å². The molecule has 162 valence electrons. The first-order valence-corrected chi connectivity index (χ1v) is 11.5. The monoisotopic (exact) mass is 433 g/mol. The second-order valence-electron chi connectivity index (χ2n) is 8.89. The zero-order valence-corrected chi connectivity index (χ0v) is 18.1. The molecular weight excluding hydrogens is 406 g/mol. The Bertz CT molecular complexity index is 1060. The van der Waals surface area contributed by atoms with Gasteiger partial charge in [0.05, 0.1) is 4.90 Å². The van der Waals surface area contributed by atoms with Crippen molar-refractivity contribution in [3.8, 4) is 0 Å².